The maximum atomic E-state index is 14.0. The third kappa shape index (κ3) is 2.27. The highest BCUT2D eigenvalue weighted by Crippen LogP contribution is 2.59. The van der Waals surface area contributed by atoms with E-state index in [0.29, 0.717) is 30.9 Å². The Kier molecular flexibility index (Phi) is 3.22. The average molecular weight is 358 g/mol. The summed E-state index contributed by atoms with van der Waals surface area (Å²) in [6.45, 7) is 3.66. The lowest BCUT2D eigenvalue weighted by atomic mass is 9.68. The molecule has 4 aliphatic rings. The summed E-state index contributed by atoms with van der Waals surface area (Å²) in [5.74, 6) is 0.486. The fraction of sp³-hybridized carbons (Fsp3) is 0.600. The minimum Gasteiger partial charge on any atom is -0.447 e. The SMILES string of the molecule is Cc1ccc(C23CCN(C(=O)[C@H]4C[C@]5(COC(=O)N5)C4)CC2C3)cc1F. The van der Waals surface area contributed by atoms with E-state index < -0.39 is 0 Å². The van der Waals surface area contributed by atoms with Gasteiger partial charge in [0.15, 0.2) is 0 Å². The lowest BCUT2D eigenvalue weighted by molar-refractivity contribution is -0.142. The van der Waals surface area contributed by atoms with Crippen LogP contribution in [0, 0.1) is 24.6 Å². The van der Waals surface area contributed by atoms with Gasteiger partial charge in [-0.25, -0.2) is 9.18 Å². The van der Waals surface area contributed by atoms with Gasteiger partial charge in [0.05, 0.1) is 5.54 Å². The molecule has 0 aromatic heterocycles. The van der Waals surface area contributed by atoms with Gasteiger partial charge in [-0.15, -0.1) is 0 Å². The second-order valence-electron chi connectivity index (χ2n) is 8.64. The fourth-order valence-corrected chi connectivity index (χ4v) is 5.25. The van der Waals surface area contributed by atoms with Gasteiger partial charge in [0.1, 0.15) is 12.4 Å². The molecule has 1 spiro atoms. The van der Waals surface area contributed by atoms with Crippen LogP contribution in [0.4, 0.5) is 9.18 Å². The first-order valence-electron chi connectivity index (χ1n) is 9.41. The van der Waals surface area contributed by atoms with Crippen molar-refractivity contribution in [3.8, 4) is 0 Å². The molecular formula is C20H23FN2O3. The Bertz CT molecular complexity index is 804. The molecule has 138 valence electrons. The number of nitrogens with one attached hydrogen (secondary N) is 1. The van der Waals surface area contributed by atoms with Crippen molar-refractivity contribution in [1.29, 1.82) is 0 Å². The van der Waals surface area contributed by atoms with Crippen LogP contribution in [0.25, 0.3) is 0 Å². The predicted molar refractivity (Wildman–Crippen MR) is 92.1 cm³/mol. The third-order valence-electron chi connectivity index (χ3n) is 7.03. The number of fused-ring (bicyclic) bond motifs is 1. The van der Waals surface area contributed by atoms with Crippen LogP contribution in [0.1, 0.15) is 36.8 Å². The van der Waals surface area contributed by atoms with Crippen LogP contribution < -0.4 is 5.32 Å². The Morgan fingerprint density at radius 1 is 1.35 bits per heavy atom. The van der Waals surface area contributed by atoms with E-state index in [1.165, 1.54) is 0 Å². The summed E-state index contributed by atoms with van der Waals surface area (Å²) in [5.41, 5.74) is 1.53. The number of likely N-dealkylation sites (tertiary alicyclic amines) is 1. The number of rotatable bonds is 2. The van der Waals surface area contributed by atoms with Crippen molar-refractivity contribution < 1.29 is 18.7 Å². The summed E-state index contributed by atoms with van der Waals surface area (Å²) >= 11 is 0. The van der Waals surface area contributed by atoms with Gasteiger partial charge in [0.2, 0.25) is 5.91 Å². The number of nitrogens with zero attached hydrogens (tertiary/aromatic N) is 1. The summed E-state index contributed by atoms with van der Waals surface area (Å²) in [7, 11) is 0. The highest BCUT2D eigenvalue weighted by molar-refractivity contribution is 5.82. The summed E-state index contributed by atoms with van der Waals surface area (Å²) in [4.78, 5) is 26.0. The molecule has 2 aliphatic heterocycles. The van der Waals surface area contributed by atoms with Crippen molar-refractivity contribution in [1.82, 2.24) is 10.2 Å². The molecular weight excluding hydrogens is 335 g/mol. The third-order valence-corrected chi connectivity index (χ3v) is 7.03. The maximum absolute atomic E-state index is 14.0. The Balaban J connectivity index is 1.22. The van der Waals surface area contributed by atoms with Crippen LogP contribution in [-0.2, 0) is 14.9 Å². The number of piperidine rings is 1. The van der Waals surface area contributed by atoms with Crippen LogP contribution in [-0.4, -0.2) is 42.1 Å². The number of hydrogen-bond acceptors (Lipinski definition) is 3. The summed E-state index contributed by atoms with van der Waals surface area (Å²) in [5, 5.41) is 2.84. The second kappa shape index (κ2) is 5.21. The molecule has 1 aromatic carbocycles. The highest BCUT2D eigenvalue weighted by atomic mass is 19.1. The Morgan fingerprint density at radius 3 is 2.81 bits per heavy atom. The molecule has 2 saturated carbocycles. The molecule has 2 heterocycles. The summed E-state index contributed by atoms with van der Waals surface area (Å²) < 4.78 is 18.9. The number of carbonyl (C=O) groups excluding carboxylic acids is 2. The molecule has 2 amide bonds. The first kappa shape index (κ1) is 16.1. The number of benzene rings is 1. The number of halogens is 1. The normalized spacial score (nSPS) is 37.6. The minimum absolute atomic E-state index is 0.0138. The van der Waals surface area contributed by atoms with Gasteiger partial charge < -0.3 is 15.0 Å². The predicted octanol–water partition coefficient (Wildman–Crippen LogP) is 2.51. The number of ether oxygens (including phenoxy) is 1. The first-order valence-corrected chi connectivity index (χ1v) is 9.41. The highest BCUT2D eigenvalue weighted by Gasteiger charge is 2.59. The van der Waals surface area contributed by atoms with Crippen molar-refractivity contribution >= 4 is 12.0 Å². The number of hydrogen-bond donors (Lipinski definition) is 1. The molecule has 26 heavy (non-hydrogen) atoms. The van der Waals surface area contributed by atoms with Crippen molar-refractivity contribution in [2.24, 2.45) is 11.8 Å². The van der Waals surface area contributed by atoms with E-state index >= 15 is 0 Å². The first-order chi connectivity index (χ1) is 12.4. The molecule has 5 nitrogen and oxygen atoms in total. The Labute approximate surface area is 151 Å². The van der Waals surface area contributed by atoms with E-state index in [1.54, 1.807) is 13.0 Å². The Morgan fingerprint density at radius 2 is 2.15 bits per heavy atom. The lowest BCUT2D eigenvalue weighted by Crippen LogP contribution is -2.58. The van der Waals surface area contributed by atoms with Gasteiger partial charge in [-0.3, -0.25) is 4.79 Å². The quantitative estimate of drug-likeness (QED) is 0.884. The smallest absolute Gasteiger partial charge is 0.407 e. The zero-order valence-corrected chi connectivity index (χ0v) is 14.9. The van der Waals surface area contributed by atoms with Crippen molar-refractivity contribution in [3.63, 3.8) is 0 Å². The molecule has 1 aromatic rings. The second-order valence-corrected chi connectivity index (χ2v) is 8.64. The lowest BCUT2D eigenvalue weighted by Gasteiger charge is -2.44. The average Bonchev–Trinajstić information content (AvgIpc) is 3.21. The molecule has 0 bridgehead atoms. The maximum Gasteiger partial charge on any atom is 0.407 e. The van der Waals surface area contributed by atoms with Crippen LogP contribution in [0.5, 0.6) is 0 Å². The Hall–Kier alpha value is -2.11. The number of amides is 2. The summed E-state index contributed by atoms with van der Waals surface area (Å²) in [6, 6.07) is 5.59. The molecule has 2 saturated heterocycles. The standard InChI is InChI=1S/C20H23FN2O3/c1-12-2-3-14(6-16(12)21)20-4-5-23(10-15(20)9-20)17(24)13-7-19(8-13)11-26-18(25)22-19/h2-3,6,13,15H,4-5,7-11H2,1H3,(H,22,25)/t13-,15?,19+,20?. The van der Waals surface area contributed by atoms with E-state index in [2.05, 4.69) is 5.32 Å². The molecule has 6 heteroatoms. The number of alkyl carbamates (subject to hydrolysis) is 1. The van der Waals surface area contributed by atoms with Crippen LogP contribution >= 0.6 is 0 Å². The van der Waals surface area contributed by atoms with Crippen molar-refractivity contribution in [2.45, 2.75) is 43.6 Å². The van der Waals surface area contributed by atoms with Gasteiger partial charge in [0, 0.05) is 24.4 Å². The van der Waals surface area contributed by atoms with E-state index in [1.807, 2.05) is 17.0 Å². The van der Waals surface area contributed by atoms with Gasteiger partial charge >= 0.3 is 6.09 Å². The van der Waals surface area contributed by atoms with Crippen LogP contribution in [0.2, 0.25) is 0 Å². The monoisotopic (exact) mass is 358 g/mol. The van der Waals surface area contributed by atoms with Crippen molar-refractivity contribution in [3.05, 3.63) is 35.1 Å². The molecule has 4 fully saturated rings. The van der Waals surface area contributed by atoms with E-state index in [0.717, 1.165) is 31.5 Å². The zero-order valence-electron chi connectivity index (χ0n) is 14.9. The minimum atomic E-state index is -0.373. The molecule has 2 aliphatic carbocycles. The molecule has 0 radical (unpaired) electrons. The van der Waals surface area contributed by atoms with Gasteiger partial charge in [-0.2, -0.15) is 0 Å². The van der Waals surface area contributed by atoms with Gasteiger partial charge in [-0.05, 0) is 55.7 Å². The summed E-state index contributed by atoms with van der Waals surface area (Å²) in [6.07, 6.45) is 2.92. The van der Waals surface area contributed by atoms with Gasteiger partial charge in [-0.1, -0.05) is 12.1 Å². The van der Waals surface area contributed by atoms with Crippen molar-refractivity contribution in [2.75, 3.05) is 19.7 Å². The topological polar surface area (TPSA) is 58.6 Å². The van der Waals surface area contributed by atoms with Crippen LogP contribution in [0.15, 0.2) is 18.2 Å². The molecule has 2 unspecified atom stereocenters. The van der Waals surface area contributed by atoms with E-state index in [-0.39, 0.29) is 34.7 Å². The number of aryl methyl sites for hydroxylation is 1. The zero-order chi connectivity index (χ0) is 18.1. The molecule has 5 rings (SSSR count). The molecule has 1 N–H and O–H groups in total. The van der Waals surface area contributed by atoms with Gasteiger partial charge in [0.25, 0.3) is 0 Å². The van der Waals surface area contributed by atoms with E-state index in [9.17, 15) is 14.0 Å². The largest absolute Gasteiger partial charge is 0.447 e. The fourth-order valence-electron chi connectivity index (χ4n) is 5.25. The van der Waals surface area contributed by atoms with Crippen LogP contribution in [0.3, 0.4) is 0 Å². The number of carbonyl (C=O) groups is 2. The molecule has 2 atom stereocenters. The van der Waals surface area contributed by atoms with E-state index in [4.69, 9.17) is 4.74 Å². The number of cyclic esters (lactones) is 1.